The number of thioether (sulfide) groups is 2. The third-order valence-corrected chi connectivity index (χ3v) is 7.56. The molecule has 0 bridgehead atoms. The van der Waals surface area contributed by atoms with E-state index in [4.69, 9.17) is 8.85 Å². The predicted molar refractivity (Wildman–Crippen MR) is 107 cm³/mol. The Labute approximate surface area is 146 Å². The van der Waals surface area contributed by atoms with E-state index in [9.17, 15) is 0 Å². The molecule has 0 unspecified atom stereocenters. The Bertz CT molecular complexity index is 504. The molecule has 1 aromatic carbocycles. The van der Waals surface area contributed by atoms with Gasteiger partial charge in [0.2, 0.25) is 16.6 Å². The van der Waals surface area contributed by atoms with Gasteiger partial charge in [0.1, 0.15) is 11.5 Å². The molecular weight excluding hydrogens is 344 g/mol. The van der Waals surface area contributed by atoms with Crippen LogP contribution in [0.3, 0.4) is 0 Å². The molecule has 2 nitrogen and oxygen atoms in total. The van der Waals surface area contributed by atoms with Crippen LogP contribution in [0.15, 0.2) is 18.2 Å². The molecule has 1 fully saturated rings. The van der Waals surface area contributed by atoms with Gasteiger partial charge in [-0.05, 0) is 75.4 Å². The minimum atomic E-state index is -1.61. The summed E-state index contributed by atoms with van der Waals surface area (Å²) in [7, 11) is -3.19. The predicted octanol–water partition coefficient (Wildman–Crippen LogP) is 5.98. The van der Waals surface area contributed by atoms with E-state index in [1.54, 1.807) is 0 Å². The van der Waals surface area contributed by atoms with Crippen molar-refractivity contribution in [3.05, 3.63) is 23.8 Å². The lowest BCUT2D eigenvalue weighted by Crippen LogP contribution is -2.30. The summed E-state index contributed by atoms with van der Waals surface area (Å²) in [5.41, 5.74) is 1.31. The summed E-state index contributed by atoms with van der Waals surface area (Å²) in [5.74, 6) is 4.55. The lowest BCUT2D eigenvalue weighted by Gasteiger charge is -2.28. The molecule has 0 N–H and O–H groups in total. The van der Waals surface area contributed by atoms with Crippen molar-refractivity contribution >= 4 is 40.2 Å². The maximum Gasteiger partial charge on any atom is 0.242 e. The SMILES string of the molecule is C[Si](C)(C)Oc1ccc(O[Si](C)(C)C)c(C2SCCCS2)c1. The first-order valence-electron chi connectivity index (χ1n) is 7.89. The van der Waals surface area contributed by atoms with E-state index >= 15 is 0 Å². The smallest absolute Gasteiger partial charge is 0.242 e. The van der Waals surface area contributed by atoms with Crippen molar-refractivity contribution in [1.82, 2.24) is 0 Å². The van der Waals surface area contributed by atoms with Crippen LogP contribution in [0.2, 0.25) is 39.3 Å². The van der Waals surface area contributed by atoms with Crippen LogP contribution in [-0.4, -0.2) is 28.1 Å². The highest BCUT2D eigenvalue weighted by Crippen LogP contribution is 2.48. The second-order valence-corrected chi connectivity index (χ2v) is 19.1. The van der Waals surface area contributed by atoms with Gasteiger partial charge in [-0.15, -0.1) is 23.5 Å². The lowest BCUT2D eigenvalue weighted by molar-refractivity contribution is 0.537. The molecule has 1 heterocycles. The largest absolute Gasteiger partial charge is 0.544 e. The van der Waals surface area contributed by atoms with Crippen molar-refractivity contribution in [2.75, 3.05) is 11.5 Å². The second-order valence-electron chi connectivity index (χ2n) is 7.56. The number of benzene rings is 1. The fourth-order valence-electron chi connectivity index (χ4n) is 2.22. The number of hydrogen-bond donors (Lipinski definition) is 0. The molecule has 2 rings (SSSR count). The van der Waals surface area contributed by atoms with Gasteiger partial charge in [0.25, 0.3) is 0 Å². The molecule has 22 heavy (non-hydrogen) atoms. The van der Waals surface area contributed by atoms with Crippen LogP contribution in [0.1, 0.15) is 16.6 Å². The first-order chi connectivity index (χ1) is 10.1. The van der Waals surface area contributed by atoms with Crippen LogP contribution in [0.5, 0.6) is 11.5 Å². The maximum absolute atomic E-state index is 6.34. The van der Waals surface area contributed by atoms with E-state index in [2.05, 4.69) is 57.5 Å². The zero-order valence-electron chi connectivity index (χ0n) is 14.6. The van der Waals surface area contributed by atoms with Crippen molar-refractivity contribution in [1.29, 1.82) is 0 Å². The Hall–Kier alpha value is -0.0462. The lowest BCUT2D eigenvalue weighted by atomic mass is 10.2. The molecule has 0 atom stereocenters. The van der Waals surface area contributed by atoms with Crippen molar-refractivity contribution in [2.45, 2.75) is 50.3 Å². The third kappa shape index (κ3) is 5.87. The summed E-state index contributed by atoms with van der Waals surface area (Å²) in [6.45, 7) is 13.4. The first kappa shape index (κ1) is 18.3. The van der Waals surface area contributed by atoms with Gasteiger partial charge < -0.3 is 8.85 Å². The summed E-state index contributed by atoms with van der Waals surface area (Å²) in [5, 5.41) is 0. The van der Waals surface area contributed by atoms with E-state index in [1.807, 2.05) is 23.5 Å². The van der Waals surface area contributed by atoms with Gasteiger partial charge in [-0.25, -0.2) is 0 Å². The van der Waals surface area contributed by atoms with Gasteiger partial charge in [-0.2, -0.15) is 0 Å². The normalized spacial score (nSPS) is 17.4. The van der Waals surface area contributed by atoms with Gasteiger partial charge in [-0.3, -0.25) is 0 Å². The van der Waals surface area contributed by atoms with E-state index in [-0.39, 0.29) is 0 Å². The topological polar surface area (TPSA) is 18.5 Å². The highest BCUT2D eigenvalue weighted by Gasteiger charge is 2.25. The van der Waals surface area contributed by atoms with Crippen LogP contribution in [-0.2, 0) is 0 Å². The molecule has 1 saturated heterocycles. The molecule has 1 aliphatic heterocycles. The van der Waals surface area contributed by atoms with Gasteiger partial charge in [0, 0.05) is 5.56 Å². The molecule has 0 radical (unpaired) electrons. The molecule has 1 aliphatic rings. The number of hydrogen-bond acceptors (Lipinski definition) is 4. The van der Waals surface area contributed by atoms with E-state index in [1.165, 1.54) is 23.5 Å². The molecule has 0 aliphatic carbocycles. The van der Waals surface area contributed by atoms with Crippen LogP contribution < -0.4 is 8.85 Å². The highest BCUT2D eigenvalue weighted by atomic mass is 32.2. The Morgan fingerprint density at radius 1 is 0.909 bits per heavy atom. The molecular formula is C16H28O2S2Si2. The van der Waals surface area contributed by atoms with Crippen LogP contribution >= 0.6 is 23.5 Å². The minimum absolute atomic E-state index is 0.477. The Balaban J connectivity index is 2.32. The average Bonchev–Trinajstić information content (AvgIpc) is 2.38. The van der Waals surface area contributed by atoms with Crippen molar-refractivity contribution in [3.63, 3.8) is 0 Å². The van der Waals surface area contributed by atoms with Gasteiger partial charge >= 0.3 is 0 Å². The van der Waals surface area contributed by atoms with Crippen molar-refractivity contribution in [2.24, 2.45) is 0 Å². The molecule has 1 aromatic rings. The van der Waals surface area contributed by atoms with Crippen molar-refractivity contribution < 1.29 is 8.85 Å². The standard InChI is InChI=1S/C16H28O2S2Si2/c1-21(2,3)17-13-8-9-15(18-22(4,5)6)14(12-13)16-19-10-7-11-20-16/h8-9,12,16H,7,10-11H2,1-6H3. The molecule has 0 amide bonds. The Morgan fingerprint density at radius 3 is 2.05 bits per heavy atom. The fraction of sp³-hybridized carbons (Fsp3) is 0.625. The van der Waals surface area contributed by atoms with Crippen LogP contribution in [0.4, 0.5) is 0 Å². The Morgan fingerprint density at radius 2 is 1.50 bits per heavy atom. The quantitative estimate of drug-likeness (QED) is 0.591. The summed E-state index contributed by atoms with van der Waals surface area (Å²) in [6.07, 6.45) is 1.31. The summed E-state index contributed by atoms with van der Waals surface area (Å²) < 4.78 is 13.0. The minimum Gasteiger partial charge on any atom is -0.544 e. The molecule has 0 spiro atoms. The van der Waals surface area contributed by atoms with Gasteiger partial charge in [0.05, 0.1) is 4.58 Å². The zero-order valence-corrected chi connectivity index (χ0v) is 18.2. The number of rotatable bonds is 5. The monoisotopic (exact) mass is 372 g/mol. The summed E-state index contributed by atoms with van der Waals surface area (Å²) in [6, 6.07) is 6.43. The highest BCUT2D eigenvalue weighted by molar-refractivity contribution is 8.16. The molecule has 6 heteroatoms. The average molecular weight is 373 g/mol. The van der Waals surface area contributed by atoms with Gasteiger partial charge in [0.15, 0.2) is 0 Å². The van der Waals surface area contributed by atoms with Crippen molar-refractivity contribution in [3.8, 4) is 11.5 Å². The third-order valence-electron chi connectivity index (χ3n) is 2.90. The van der Waals surface area contributed by atoms with E-state index in [0.29, 0.717) is 4.58 Å². The van der Waals surface area contributed by atoms with Gasteiger partial charge in [-0.1, -0.05) is 0 Å². The maximum atomic E-state index is 6.34. The van der Waals surface area contributed by atoms with Crippen LogP contribution in [0, 0.1) is 0 Å². The summed E-state index contributed by atoms with van der Waals surface area (Å²) in [4.78, 5) is 0. The second kappa shape index (κ2) is 7.24. The first-order valence-corrected chi connectivity index (χ1v) is 16.8. The van der Waals surface area contributed by atoms with E-state index < -0.39 is 16.6 Å². The van der Waals surface area contributed by atoms with Crippen LogP contribution in [0.25, 0.3) is 0 Å². The summed E-state index contributed by atoms with van der Waals surface area (Å²) >= 11 is 4.07. The fourth-order valence-corrected chi connectivity index (χ4v) is 6.82. The molecule has 0 saturated carbocycles. The zero-order chi connectivity index (χ0) is 16.4. The molecule has 0 aromatic heterocycles. The molecule has 124 valence electrons. The Kier molecular flexibility index (Phi) is 6.02. The van der Waals surface area contributed by atoms with E-state index in [0.717, 1.165) is 11.5 Å².